The van der Waals surface area contributed by atoms with Crippen LogP contribution in [0.2, 0.25) is 0 Å². The van der Waals surface area contributed by atoms with E-state index in [1.807, 2.05) is 4.90 Å². The highest BCUT2D eigenvalue weighted by atomic mass is 19.4. The molecule has 1 saturated carbocycles. The maximum absolute atomic E-state index is 13.2. The third-order valence-corrected chi connectivity index (χ3v) is 6.04. The number of piperidine rings is 1. The third kappa shape index (κ3) is 3.40. The first-order valence-electron chi connectivity index (χ1n) is 9.75. The average molecular weight is 392 g/mol. The van der Waals surface area contributed by atoms with Crippen molar-refractivity contribution in [1.82, 2.24) is 19.7 Å². The highest BCUT2D eigenvalue weighted by Gasteiger charge is 2.37. The quantitative estimate of drug-likeness (QED) is 0.762. The van der Waals surface area contributed by atoms with E-state index in [1.165, 1.54) is 36.2 Å². The van der Waals surface area contributed by atoms with Crippen LogP contribution in [0.15, 0.2) is 24.5 Å². The van der Waals surface area contributed by atoms with Crippen molar-refractivity contribution in [2.75, 3.05) is 6.54 Å². The van der Waals surface area contributed by atoms with Crippen LogP contribution >= 0.6 is 0 Å². The number of aromatic nitrogens is 3. The van der Waals surface area contributed by atoms with E-state index >= 15 is 0 Å². The summed E-state index contributed by atoms with van der Waals surface area (Å²) in [5.74, 6) is 0.810. The number of hydrogen-bond acceptors (Lipinski definition) is 3. The van der Waals surface area contributed by atoms with Crippen LogP contribution in [0.5, 0.6) is 0 Å². The fourth-order valence-corrected chi connectivity index (χ4v) is 4.56. The van der Waals surface area contributed by atoms with Gasteiger partial charge in [0.2, 0.25) is 0 Å². The third-order valence-electron chi connectivity index (χ3n) is 6.04. The number of fused-ring (bicyclic) bond motifs is 1. The molecule has 0 radical (unpaired) electrons. The maximum atomic E-state index is 13.2. The molecule has 2 aromatic heterocycles. The Bertz CT molecular complexity index is 857. The molecule has 2 fully saturated rings. The molecule has 4 rings (SSSR count). The average Bonchev–Trinajstić information content (AvgIpc) is 3.08. The van der Waals surface area contributed by atoms with Gasteiger partial charge in [-0.25, -0.2) is 9.67 Å². The van der Waals surface area contributed by atoms with Gasteiger partial charge in [0.1, 0.15) is 0 Å². The van der Waals surface area contributed by atoms with Gasteiger partial charge in [-0.2, -0.15) is 18.3 Å². The first-order valence-corrected chi connectivity index (χ1v) is 9.75. The minimum absolute atomic E-state index is 0.0349. The van der Waals surface area contributed by atoms with Crippen LogP contribution < -0.4 is 0 Å². The minimum atomic E-state index is -4.43. The number of nitrogens with zero attached hydrogens (tertiary/aromatic N) is 4. The molecular formula is C20H23F3N4O. The van der Waals surface area contributed by atoms with Crippen molar-refractivity contribution < 1.29 is 18.0 Å². The van der Waals surface area contributed by atoms with Gasteiger partial charge in [-0.3, -0.25) is 4.79 Å². The zero-order valence-corrected chi connectivity index (χ0v) is 15.7. The first-order chi connectivity index (χ1) is 13.4. The summed E-state index contributed by atoms with van der Waals surface area (Å²) in [7, 11) is 0. The molecule has 0 spiro atoms. The lowest BCUT2D eigenvalue weighted by molar-refractivity contribution is -0.137. The Balaban J connectivity index is 1.58. The zero-order chi connectivity index (χ0) is 19.9. The van der Waals surface area contributed by atoms with Crippen molar-refractivity contribution in [3.05, 3.63) is 41.3 Å². The van der Waals surface area contributed by atoms with E-state index in [0.717, 1.165) is 38.1 Å². The molecule has 5 nitrogen and oxygen atoms in total. The van der Waals surface area contributed by atoms with Gasteiger partial charge >= 0.3 is 6.18 Å². The van der Waals surface area contributed by atoms with Crippen LogP contribution in [0, 0.1) is 12.8 Å². The number of rotatable bonds is 2. The van der Waals surface area contributed by atoms with Crippen LogP contribution in [0.3, 0.4) is 0 Å². The second kappa shape index (κ2) is 7.22. The monoisotopic (exact) mass is 392 g/mol. The van der Waals surface area contributed by atoms with Gasteiger partial charge in [0.25, 0.3) is 5.91 Å². The van der Waals surface area contributed by atoms with E-state index in [2.05, 4.69) is 10.1 Å². The van der Waals surface area contributed by atoms with Crippen LogP contribution in [-0.2, 0) is 6.18 Å². The summed E-state index contributed by atoms with van der Waals surface area (Å²) >= 11 is 0. The molecule has 1 saturated heterocycles. The summed E-state index contributed by atoms with van der Waals surface area (Å²) in [6, 6.07) is 2.54. The molecule has 1 aliphatic heterocycles. The highest BCUT2D eigenvalue weighted by molar-refractivity contribution is 5.95. The molecule has 2 aliphatic rings. The SMILES string of the molecule is Cc1c(C(=O)N2CCCC3CCCCC32)cnn1-c1ccc(C(F)(F)F)cn1. The summed E-state index contributed by atoms with van der Waals surface area (Å²) < 4.78 is 39.6. The second-order valence-corrected chi connectivity index (χ2v) is 7.71. The van der Waals surface area contributed by atoms with Gasteiger partial charge in [0.05, 0.1) is 23.0 Å². The Morgan fingerprint density at radius 2 is 1.86 bits per heavy atom. The Morgan fingerprint density at radius 1 is 1.11 bits per heavy atom. The Kier molecular flexibility index (Phi) is 4.89. The van der Waals surface area contributed by atoms with Gasteiger partial charge < -0.3 is 4.90 Å². The number of carbonyl (C=O) groups excluding carboxylic acids is 1. The van der Waals surface area contributed by atoms with Gasteiger partial charge in [-0.15, -0.1) is 0 Å². The van der Waals surface area contributed by atoms with Crippen LogP contribution in [0.25, 0.3) is 5.82 Å². The fourth-order valence-electron chi connectivity index (χ4n) is 4.56. The number of hydrogen-bond donors (Lipinski definition) is 0. The smallest absolute Gasteiger partial charge is 0.335 e. The highest BCUT2D eigenvalue weighted by Crippen LogP contribution is 2.36. The molecule has 0 aromatic carbocycles. The second-order valence-electron chi connectivity index (χ2n) is 7.71. The lowest BCUT2D eigenvalue weighted by Crippen LogP contribution is -2.49. The van der Waals surface area contributed by atoms with Crippen molar-refractivity contribution >= 4 is 5.91 Å². The maximum Gasteiger partial charge on any atom is 0.417 e. The standard InChI is InChI=1S/C20H23F3N4O/c1-13-16(19(28)26-10-4-6-14-5-2-3-7-17(14)26)12-25-27(13)18-9-8-15(11-24-18)20(21,22)23/h8-9,11-12,14,17H,2-7,10H2,1H3. The molecule has 8 heteroatoms. The molecule has 1 amide bonds. The number of carbonyl (C=O) groups is 1. The number of alkyl halides is 3. The molecule has 2 atom stereocenters. The number of pyridine rings is 1. The van der Waals surface area contributed by atoms with Crippen molar-refractivity contribution in [2.24, 2.45) is 5.92 Å². The molecule has 0 N–H and O–H groups in total. The van der Waals surface area contributed by atoms with Crippen molar-refractivity contribution in [3.63, 3.8) is 0 Å². The van der Waals surface area contributed by atoms with E-state index in [0.29, 0.717) is 23.2 Å². The van der Waals surface area contributed by atoms with E-state index in [4.69, 9.17) is 0 Å². The van der Waals surface area contributed by atoms with Gasteiger partial charge in [0.15, 0.2) is 5.82 Å². The Morgan fingerprint density at radius 3 is 2.57 bits per heavy atom. The van der Waals surface area contributed by atoms with E-state index in [9.17, 15) is 18.0 Å². The Hall–Kier alpha value is -2.38. The van der Waals surface area contributed by atoms with Crippen LogP contribution in [0.4, 0.5) is 13.2 Å². The normalized spacial score (nSPS) is 22.8. The first kappa shape index (κ1) is 19.0. The molecule has 3 heterocycles. The lowest BCUT2D eigenvalue weighted by Gasteiger charge is -2.44. The summed E-state index contributed by atoms with van der Waals surface area (Å²) in [6.45, 7) is 2.50. The lowest BCUT2D eigenvalue weighted by atomic mass is 9.78. The van der Waals surface area contributed by atoms with Crippen molar-refractivity contribution in [2.45, 2.75) is 57.7 Å². The molecule has 28 heavy (non-hydrogen) atoms. The largest absolute Gasteiger partial charge is 0.417 e. The summed E-state index contributed by atoms with van der Waals surface area (Å²) in [6.07, 6.45) is 4.67. The molecule has 1 aliphatic carbocycles. The van der Waals surface area contributed by atoms with Crippen molar-refractivity contribution in [1.29, 1.82) is 0 Å². The predicted octanol–water partition coefficient (Wildman–Crippen LogP) is 4.39. The summed E-state index contributed by atoms with van der Waals surface area (Å²) in [5, 5.41) is 4.22. The van der Waals surface area contributed by atoms with Gasteiger partial charge in [-0.1, -0.05) is 12.8 Å². The number of halogens is 3. The van der Waals surface area contributed by atoms with Gasteiger partial charge in [-0.05, 0) is 50.7 Å². The van der Waals surface area contributed by atoms with Gasteiger partial charge in [0, 0.05) is 18.8 Å². The minimum Gasteiger partial charge on any atom is -0.335 e. The summed E-state index contributed by atoms with van der Waals surface area (Å²) in [5.41, 5.74) is 0.275. The Labute approximate surface area is 161 Å². The molecule has 0 bridgehead atoms. The van der Waals surface area contributed by atoms with Crippen LogP contribution in [0.1, 0.15) is 60.1 Å². The summed E-state index contributed by atoms with van der Waals surface area (Å²) in [4.78, 5) is 19.1. The number of likely N-dealkylation sites (tertiary alicyclic amines) is 1. The molecular weight excluding hydrogens is 369 g/mol. The molecule has 2 aromatic rings. The zero-order valence-electron chi connectivity index (χ0n) is 15.7. The number of amides is 1. The molecule has 150 valence electrons. The molecule has 2 unspecified atom stereocenters. The van der Waals surface area contributed by atoms with Crippen LogP contribution in [-0.4, -0.2) is 38.2 Å². The van der Waals surface area contributed by atoms with E-state index in [-0.39, 0.29) is 11.7 Å². The van der Waals surface area contributed by atoms with E-state index < -0.39 is 11.7 Å². The topological polar surface area (TPSA) is 51.0 Å². The fraction of sp³-hybridized carbons (Fsp3) is 0.550. The van der Waals surface area contributed by atoms with E-state index in [1.54, 1.807) is 6.92 Å². The van der Waals surface area contributed by atoms with Crippen molar-refractivity contribution in [3.8, 4) is 5.82 Å². The predicted molar refractivity (Wildman–Crippen MR) is 97.1 cm³/mol.